The van der Waals surface area contributed by atoms with Gasteiger partial charge in [-0.15, -0.1) is 0 Å². The number of amides is 1. The molecule has 11 heteroatoms. The highest BCUT2D eigenvalue weighted by atomic mass is 35.5. The highest BCUT2D eigenvalue weighted by Gasteiger charge is 2.18. The van der Waals surface area contributed by atoms with Crippen molar-refractivity contribution >= 4 is 45.0 Å². The Balaban J connectivity index is 1.07. The molecule has 0 spiro atoms. The van der Waals surface area contributed by atoms with Gasteiger partial charge in [0, 0.05) is 65.0 Å². The van der Waals surface area contributed by atoms with Gasteiger partial charge in [0.2, 0.25) is 0 Å². The number of aromatic nitrogens is 2. The molecule has 1 amide bonds. The van der Waals surface area contributed by atoms with Crippen LogP contribution in [0.5, 0.6) is 23.0 Å². The zero-order valence-electron chi connectivity index (χ0n) is 27.3. The number of nitrogens with zero attached hydrogens (tertiary/aromatic N) is 3. The quantitative estimate of drug-likeness (QED) is 0.135. The van der Waals surface area contributed by atoms with Gasteiger partial charge in [-0.1, -0.05) is 41.9 Å². The normalized spacial score (nSPS) is 13.3. The fourth-order valence-electron chi connectivity index (χ4n) is 5.92. The van der Waals surface area contributed by atoms with Gasteiger partial charge < -0.3 is 24.3 Å². The van der Waals surface area contributed by atoms with Crippen LogP contribution in [0.25, 0.3) is 33.1 Å². The molecule has 3 heterocycles. The van der Waals surface area contributed by atoms with Gasteiger partial charge in [-0.3, -0.25) is 14.7 Å². The Labute approximate surface area is 293 Å². The number of carbonyl (C=O) groups excluding carboxylic acids is 1. The zero-order valence-corrected chi connectivity index (χ0v) is 28.1. The number of halogens is 2. The van der Waals surface area contributed by atoms with Gasteiger partial charge in [0.25, 0.3) is 5.91 Å². The van der Waals surface area contributed by atoms with Crippen LogP contribution in [0.4, 0.5) is 10.1 Å². The molecule has 50 heavy (non-hydrogen) atoms. The number of carbonyl (C=O) groups is 1. The molecule has 0 atom stereocenters. The molecule has 0 unspecified atom stereocenters. The Bertz CT molecular complexity index is 2180. The highest BCUT2D eigenvalue weighted by molar-refractivity contribution is 6.30. The van der Waals surface area contributed by atoms with E-state index in [2.05, 4.69) is 15.2 Å². The number of para-hydroxylation sites is 1. The monoisotopic (exact) mass is 692 g/mol. The lowest BCUT2D eigenvalue weighted by Gasteiger charge is -2.26. The summed E-state index contributed by atoms with van der Waals surface area (Å²) in [6, 6.07) is 25.9. The van der Waals surface area contributed by atoms with Crippen molar-refractivity contribution in [2.75, 3.05) is 51.9 Å². The molecule has 7 rings (SSSR count). The van der Waals surface area contributed by atoms with Crippen LogP contribution in [0.2, 0.25) is 5.02 Å². The van der Waals surface area contributed by atoms with Crippen LogP contribution in [0.1, 0.15) is 16.8 Å². The molecule has 1 aliphatic heterocycles. The lowest BCUT2D eigenvalue weighted by molar-refractivity contribution is 0.0357. The standard InChI is InChI=1S/C39H34ClFN4O5/c1-47-37-23-30-34(24-38(37)49-17-5-14-45-15-18-48-19-16-45)42-13-12-35(30)50-36-11-10-27(21-31(36)41)43-39(46)29-22-33(25-6-4-7-26(40)20-25)44-32-9-3-2-8-28(29)32/h2-4,6-13,20-24H,5,14-19H2,1H3,(H,43,46). The van der Waals surface area contributed by atoms with Gasteiger partial charge in [-0.25, -0.2) is 9.37 Å². The molecule has 1 fully saturated rings. The van der Waals surface area contributed by atoms with Crippen LogP contribution >= 0.6 is 11.6 Å². The Kier molecular flexibility index (Phi) is 10.0. The molecule has 0 bridgehead atoms. The maximum atomic E-state index is 15.5. The van der Waals surface area contributed by atoms with Crippen molar-refractivity contribution in [3.63, 3.8) is 0 Å². The summed E-state index contributed by atoms with van der Waals surface area (Å²) in [5, 5.41) is 4.68. The van der Waals surface area contributed by atoms with Crippen molar-refractivity contribution in [3.05, 3.63) is 114 Å². The van der Waals surface area contributed by atoms with Crippen LogP contribution in [0.3, 0.4) is 0 Å². The van der Waals surface area contributed by atoms with Gasteiger partial charge in [0.15, 0.2) is 23.1 Å². The summed E-state index contributed by atoms with van der Waals surface area (Å²) >= 11 is 6.22. The third-order valence-corrected chi connectivity index (χ3v) is 8.69. The number of ether oxygens (including phenoxy) is 4. The average molecular weight is 693 g/mol. The second-order valence-corrected chi connectivity index (χ2v) is 12.2. The van der Waals surface area contributed by atoms with E-state index in [1.807, 2.05) is 36.4 Å². The fourth-order valence-corrected chi connectivity index (χ4v) is 6.11. The average Bonchev–Trinajstić information content (AvgIpc) is 3.14. The molecular weight excluding hydrogens is 659 g/mol. The van der Waals surface area contributed by atoms with E-state index < -0.39 is 11.7 Å². The van der Waals surface area contributed by atoms with Gasteiger partial charge in [0.05, 0.1) is 49.2 Å². The zero-order chi connectivity index (χ0) is 34.5. The Morgan fingerprint density at radius 3 is 2.58 bits per heavy atom. The van der Waals surface area contributed by atoms with Gasteiger partial charge in [-0.05, 0) is 55.0 Å². The van der Waals surface area contributed by atoms with Crippen molar-refractivity contribution in [2.24, 2.45) is 0 Å². The van der Waals surface area contributed by atoms with E-state index in [1.54, 1.807) is 55.8 Å². The molecule has 9 nitrogen and oxygen atoms in total. The summed E-state index contributed by atoms with van der Waals surface area (Å²) in [6.45, 7) is 4.82. The maximum absolute atomic E-state index is 15.5. The molecule has 0 radical (unpaired) electrons. The van der Waals surface area contributed by atoms with E-state index >= 15 is 4.39 Å². The fraction of sp³-hybridized carbons (Fsp3) is 0.205. The van der Waals surface area contributed by atoms with E-state index in [-0.39, 0.29) is 11.4 Å². The second-order valence-electron chi connectivity index (χ2n) is 11.8. The molecule has 6 aromatic rings. The van der Waals surface area contributed by atoms with Gasteiger partial charge in [0.1, 0.15) is 5.75 Å². The summed E-state index contributed by atoms with van der Waals surface area (Å²) in [5.74, 6) is 0.391. The van der Waals surface area contributed by atoms with E-state index in [0.29, 0.717) is 61.9 Å². The molecule has 1 N–H and O–H groups in total. The number of hydrogen-bond donors (Lipinski definition) is 1. The molecular formula is C39H34ClFN4O5. The first-order valence-corrected chi connectivity index (χ1v) is 16.7. The van der Waals surface area contributed by atoms with E-state index in [0.717, 1.165) is 44.8 Å². The first-order chi connectivity index (χ1) is 24.4. The molecule has 254 valence electrons. The van der Waals surface area contributed by atoms with E-state index in [4.69, 9.17) is 35.5 Å². The Morgan fingerprint density at radius 1 is 0.900 bits per heavy atom. The predicted octanol–water partition coefficient (Wildman–Crippen LogP) is 8.40. The van der Waals surface area contributed by atoms with Crippen molar-refractivity contribution < 1.29 is 28.1 Å². The van der Waals surface area contributed by atoms with Crippen molar-refractivity contribution in [2.45, 2.75) is 6.42 Å². The summed E-state index contributed by atoms with van der Waals surface area (Å²) in [4.78, 5) is 25.2. The van der Waals surface area contributed by atoms with Crippen LogP contribution in [-0.4, -0.2) is 67.3 Å². The van der Waals surface area contributed by atoms with Gasteiger partial charge in [-0.2, -0.15) is 0 Å². The lowest BCUT2D eigenvalue weighted by Crippen LogP contribution is -2.37. The molecule has 4 aromatic carbocycles. The summed E-state index contributed by atoms with van der Waals surface area (Å²) in [7, 11) is 1.57. The maximum Gasteiger partial charge on any atom is 0.256 e. The summed E-state index contributed by atoms with van der Waals surface area (Å²) in [5.41, 5.74) is 3.28. The number of benzene rings is 4. The number of methoxy groups -OCH3 is 1. The smallest absolute Gasteiger partial charge is 0.256 e. The molecule has 0 saturated carbocycles. The van der Waals surface area contributed by atoms with Crippen LogP contribution in [0, 0.1) is 5.82 Å². The first-order valence-electron chi connectivity index (χ1n) is 16.3. The van der Waals surface area contributed by atoms with E-state index in [1.165, 1.54) is 12.1 Å². The largest absolute Gasteiger partial charge is 0.493 e. The minimum atomic E-state index is -0.654. The van der Waals surface area contributed by atoms with Crippen molar-refractivity contribution in [1.29, 1.82) is 0 Å². The molecule has 1 saturated heterocycles. The topological polar surface area (TPSA) is 95.0 Å². The minimum Gasteiger partial charge on any atom is -0.493 e. The Hall–Kier alpha value is -5.29. The van der Waals surface area contributed by atoms with Crippen LogP contribution < -0.4 is 19.5 Å². The van der Waals surface area contributed by atoms with Crippen LogP contribution in [0.15, 0.2) is 97.2 Å². The highest BCUT2D eigenvalue weighted by Crippen LogP contribution is 2.38. The minimum absolute atomic E-state index is 0.0180. The third kappa shape index (κ3) is 7.47. The third-order valence-electron chi connectivity index (χ3n) is 8.46. The number of anilines is 1. The predicted molar refractivity (Wildman–Crippen MR) is 192 cm³/mol. The van der Waals surface area contributed by atoms with E-state index in [9.17, 15) is 4.79 Å². The molecule has 1 aliphatic rings. The van der Waals surface area contributed by atoms with Crippen molar-refractivity contribution in [3.8, 4) is 34.3 Å². The number of morpholine rings is 1. The van der Waals surface area contributed by atoms with Gasteiger partial charge >= 0.3 is 0 Å². The SMILES string of the molecule is COc1cc2c(Oc3ccc(NC(=O)c4cc(-c5cccc(Cl)c5)nc5ccccc45)cc3F)ccnc2cc1OCCCN1CCOCC1. The summed E-state index contributed by atoms with van der Waals surface area (Å²) in [6.07, 6.45) is 2.45. The molecule has 0 aliphatic carbocycles. The second kappa shape index (κ2) is 15.1. The number of fused-ring (bicyclic) bond motifs is 2. The number of hydrogen-bond acceptors (Lipinski definition) is 8. The Morgan fingerprint density at radius 2 is 1.76 bits per heavy atom. The molecule has 2 aromatic heterocycles. The lowest BCUT2D eigenvalue weighted by atomic mass is 10.0. The summed E-state index contributed by atoms with van der Waals surface area (Å²) < 4.78 is 38.7. The number of pyridine rings is 2. The number of nitrogens with one attached hydrogen (secondary N) is 1. The van der Waals surface area contributed by atoms with Crippen LogP contribution in [-0.2, 0) is 4.74 Å². The number of rotatable bonds is 11. The first kappa shape index (κ1) is 33.2. The van der Waals surface area contributed by atoms with Crippen molar-refractivity contribution in [1.82, 2.24) is 14.9 Å².